The van der Waals surface area contributed by atoms with Gasteiger partial charge in [0.1, 0.15) is 6.61 Å². The third-order valence-electron chi connectivity index (χ3n) is 11.5. The third kappa shape index (κ3) is 39.6. The van der Waals surface area contributed by atoms with Crippen molar-refractivity contribution in [2.45, 2.75) is 257 Å². The third-order valence-corrected chi connectivity index (χ3v) is 11.5. The van der Waals surface area contributed by atoms with Gasteiger partial charge in [-0.3, -0.25) is 9.59 Å². The summed E-state index contributed by atoms with van der Waals surface area (Å²) in [7, 11) is 5.55. The lowest BCUT2D eigenvalue weighted by Crippen LogP contribution is -2.50. The van der Waals surface area contributed by atoms with E-state index < -0.39 is 18.1 Å². The first-order valence-electron chi connectivity index (χ1n) is 24.6. The van der Waals surface area contributed by atoms with E-state index >= 15 is 0 Å². The molecule has 2 unspecified atom stereocenters. The van der Waals surface area contributed by atoms with Crippen molar-refractivity contribution in [1.29, 1.82) is 0 Å². The monoisotopic (exact) mass is 811 g/mol. The molecule has 0 radical (unpaired) electrons. The minimum Gasteiger partial charge on any atom is -0.477 e. The van der Waals surface area contributed by atoms with E-state index in [1.54, 1.807) is 0 Å². The summed E-state index contributed by atoms with van der Waals surface area (Å²) in [4.78, 5) is 37.0. The number of carboxylic acid groups (broad SMARTS) is 1. The molecule has 0 fully saturated rings. The molecular formula is C49H96NO7+. The summed E-state index contributed by atoms with van der Waals surface area (Å²) in [6.07, 6.45) is 42.9. The molecule has 0 aliphatic heterocycles. The smallest absolute Gasteiger partial charge is 0.362 e. The van der Waals surface area contributed by atoms with Gasteiger partial charge in [-0.25, -0.2) is 4.79 Å². The van der Waals surface area contributed by atoms with E-state index in [0.29, 0.717) is 19.3 Å². The van der Waals surface area contributed by atoms with Gasteiger partial charge >= 0.3 is 17.9 Å². The first-order chi connectivity index (χ1) is 27.6. The molecule has 0 rings (SSSR count). The van der Waals surface area contributed by atoms with E-state index in [1.807, 2.05) is 21.1 Å². The van der Waals surface area contributed by atoms with Gasteiger partial charge in [0.2, 0.25) is 0 Å². The Morgan fingerprint density at radius 2 is 0.772 bits per heavy atom. The van der Waals surface area contributed by atoms with Crippen molar-refractivity contribution >= 4 is 17.9 Å². The van der Waals surface area contributed by atoms with Crippen LogP contribution in [0.2, 0.25) is 0 Å². The number of ether oxygens (including phenoxy) is 3. The van der Waals surface area contributed by atoms with Gasteiger partial charge < -0.3 is 23.8 Å². The van der Waals surface area contributed by atoms with Crippen LogP contribution in [0.5, 0.6) is 0 Å². The Morgan fingerprint density at radius 3 is 1.09 bits per heavy atom. The first kappa shape index (κ1) is 55.3. The summed E-state index contributed by atoms with van der Waals surface area (Å²) in [6, 6.07) is -0.608. The Bertz CT molecular complexity index is 905. The van der Waals surface area contributed by atoms with E-state index in [9.17, 15) is 19.5 Å². The maximum absolute atomic E-state index is 12.8. The number of quaternary nitrogens is 1. The van der Waals surface area contributed by atoms with Crippen LogP contribution in [0.3, 0.4) is 0 Å². The van der Waals surface area contributed by atoms with Crippen LogP contribution in [0.1, 0.15) is 245 Å². The number of carbonyl (C=O) groups is 3. The second kappa shape index (κ2) is 41.1. The van der Waals surface area contributed by atoms with Crippen LogP contribution >= 0.6 is 0 Å². The average Bonchev–Trinajstić information content (AvgIpc) is 3.17. The molecule has 0 amide bonds. The highest BCUT2D eigenvalue weighted by atomic mass is 16.6. The Balaban J connectivity index is 4.20. The van der Waals surface area contributed by atoms with Gasteiger partial charge in [0.05, 0.1) is 34.4 Å². The zero-order valence-corrected chi connectivity index (χ0v) is 38.6. The van der Waals surface area contributed by atoms with E-state index in [4.69, 9.17) is 14.2 Å². The maximum atomic E-state index is 12.8. The van der Waals surface area contributed by atoms with E-state index in [0.717, 1.165) is 38.5 Å². The number of carboxylic acids is 1. The topological polar surface area (TPSA) is 99.1 Å². The van der Waals surface area contributed by atoms with Gasteiger partial charge in [-0.2, -0.15) is 0 Å². The molecule has 8 heteroatoms. The molecule has 1 N–H and O–H groups in total. The number of aliphatic carboxylic acids is 1. The second-order valence-electron chi connectivity index (χ2n) is 18.1. The molecule has 0 heterocycles. The number of rotatable bonds is 45. The zero-order chi connectivity index (χ0) is 42.1. The van der Waals surface area contributed by atoms with Gasteiger partial charge in [-0.05, 0) is 12.8 Å². The fraction of sp³-hybridized carbons (Fsp3) is 0.939. The molecule has 0 bridgehead atoms. The molecule has 57 heavy (non-hydrogen) atoms. The van der Waals surface area contributed by atoms with Crippen LogP contribution in [0, 0.1) is 0 Å². The zero-order valence-electron chi connectivity index (χ0n) is 38.6. The Hall–Kier alpha value is -1.67. The summed E-state index contributed by atoms with van der Waals surface area (Å²) < 4.78 is 17.3. The van der Waals surface area contributed by atoms with E-state index in [2.05, 4.69) is 13.8 Å². The second-order valence-corrected chi connectivity index (χ2v) is 18.1. The van der Waals surface area contributed by atoms with E-state index in [-0.39, 0.29) is 36.2 Å². The number of unbranched alkanes of at least 4 members (excludes halogenated alkanes) is 31. The summed E-state index contributed by atoms with van der Waals surface area (Å²) >= 11 is 0. The predicted octanol–water partition coefficient (Wildman–Crippen LogP) is 13.7. The first-order valence-corrected chi connectivity index (χ1v) is 24.6. The average molecular weight is 811 g/mol. The lowest BCUT2D eigenvalue weighted by atomic mass is 10.0. The number of hydrogen-bond acceptors (Lipinski definition) is 6. The van der Waals surface area contributed by atoms with Crippen LogP contribution in [0.15, 0.2) is 0 Å². The fourth-order valence-electron chi connectivity index (χ4n) is 7.68. The molecule has 8 nitrogen and oxygen atoms in total. The molecule has 0 saturated carbocycles. The lowest BCUT2D eigenvalue weighted by molar-refractivity contribution is -0.887. The quantitative estimate of drug-likeness (QED) is 0.0371. The minimum absolute atomic E-state index is 0.0417. The highest BCUT2D eigenvalue weighted by molar-refractivity contribution is 5.72. The Morgan fingerprint density at radius 1 is 0.456 bits per heavy atom. The SMILES string of the molecule is CCCCCCCCCCCCCCCCCCCCCCC(=O)OC(COCCC(C(=O)O)[N+](C)(C)C)COC(=O)CCCCCCCCCCCCCCC. The molecular weight excluding hydrogens is 715 g/mol. The number of carbonyl (C=O) groups excluding carboxylic acids is 2. The molecule has 0 spiro atoms. The van der Waals surface area contributed by atoms with Crippen molar-refractivity contribution in [3.63, 3.8) is 0 Å². The van der Waals surface area contributed by atoms with Gasteiger partial charge in [-0.1, -0.05) is 213 Å². The van der Waals surface area contributed by atoms with Crippen LogP contribution in [-0.2, 0) is 28.6 Å². The predicted molar refractivity (Wildman–Crippen MR) is 239 cm³/mol. The Kier molecular flexibility index (Phi) is 39.9. The van der Waals surface area contributed by atoms with Crippen LogP contribution < -0.4 is 0 Å². The van der Waals surface area contributed by atoms with Crippen molar-refractivity contribution in [3.05, 3.63) is 0 Å². The van der Waals surface area contributed by atoms with Crippen molar-refractivity contribution in [1.82, 2.24) is 0 Å². The maximum Gasteiger partial charge on any atom is 0.362 e. The molecule has 0 aromatic carbocycles. The van der Waals surface area contributed by atoms with Crippen molar-refractivity contribution < 1.29 is 38.2 Å². The number of esters is 2. The molecule has 0 aromatic rings. The van der Waals surface area contributed by atoms with E-state index in [1.165, 1.54) is 173 Å². The highest BCUT2D eigenvalue weighted by Gasteiger charge is 2.31. The van der Waals surface area contributed by atoms with Crippen molar-refractivity contribution in [3.8, 4) is 0 Å². The molecule has 0 aliphatic rings. The van der Waals surface area contributed by atoms with Crippen LogP contribution in [0.25, 0.3) is 0 Å². The Labute approximate surface area is 353 Å². The normalized spacial score (nSPS) is 12.8. The minimum atomic E-state index is -0.869. The molecule has 0 aromatic heterocycles. The van der Waals surface area contributed by atoms with Gasteiger partial charge in [0, 0.05) is 19.3 Å². The summed E-state index contributed by atoms with van der Waals surface area (Å²) in [5, 5.41) is 9.63. The highest BCUT2D eigenvalue weighted by Crippen LogP contribution is 2.17. The number of likely N-dealkylation sites (N-methyl/N-ethyl adjacent to an activating group) is 1. The van der Waals surface area contributed by atoms with Gasteiger partial charge in [-0.15, -0.1) is 0 Å². The fourth-order valence-corrected chi connectivity index (χ4v) is 7.68. The molecule has 0 saturated heterocycles. The lowest BCUT2D eigenvalue weighted by Gasteiger charge is -2.31. The molecule has 0 aliphatic carbocycles. The number of nitrogens with zero attached hydrogens (tertiary/aromatic N) is 1. The van der Waals surface area contributed by atoms with Crippen LogP contribution in [-0.4, -0.2) is 80.6 Å². The molecule has 338 valence electrons. The van der Waals surface area contributed by atoms with Crippen molar-refractivity contribution in [2.75, 3.05) is 41.0 Å². The van der Waals surface area contributed by atoms with Gasteiger partial charge in [0.25, 0.3) is 0 Å². The molecule has 2 atom stereocenters. The number of hydrogen-bond donors (Lipinski definition) is 1. The largest absolute Gasteiger partial charge is 0.477 e. The van der Waals surface area contributed by atoms with Gasteiger partial charge in [0.15, 0.2) is 12.1 Å². The summed E-state index contributed by atoms with van der Waals surface area (Å²) in [6.45, 7) is 4.79. The summed E-state index contributed by atoms with van der Waals surface area (Å²) in [5.41, 5.74) is 0. The van der Waals surface area contributed by atoms with Crippen molar-refractivity contribution in [2.24, 2.45) is 0 Å². The summed E-state index contributed by atoms with van der Waals surface area (Å²) in [5.74, 6) is -1.44. The standard InChI is InChI=1S/C49H95NO7/c1-6-8-10-12-14-16-18-20-21-22-23-24-25-26-28-30-32-34-36-38-40-48(52)57-45(43-55-42-41-46(49(53)54)50(3,4)5)44-56-47(51)39-37-35-33-31-29-27-19-17-15-13-11-9-7-2/h45-46H,6-44H2,1-5H3/p+1. The van der Waals surface area contributed by atoms with Crippen LogP contribution in [0.4, 0.5) is 0 Å².